The van der Waals surface area contributed by atoms with E-state index in [9.17, 15) is 13.2 Å². The number of sulfone groups is 1. The molecule has 1 rings (SSSR count). The third-order valence-corrected chi connectivity index (χ3v) is 4.26. The molecule has 0 saturated carbocycles. The molecule has 0 fully saturated rings. The predicted molar refractivity (Wildman–Crippen MR) is 53.3 cm³/mol. The minimum absolute atomic E-state index is 0.145. The third-order valence-electron chi connectivity index (χ3n) is 1.39. The van der Waals surface area contributed by atoms with E-state index in [0.717, 1.165) is 11.3 Å². The van der Waals surface area contributed by atoms with Crippen LogP contribution < -0.4 is 0 Å². The number of esters is 1. The Morgan fingerprint density at radius 3 is 2.60 bits per heavy atom. The van der Waals surface area contributed by atoms with Gasteiger partial charge in [0.2, 0.25) is 14.2 Å². The van der Waals surface area contributed by atoms with Gasteiger partial charge in [0.15, 0.2) is 5.75 Å². The molecule has 0 spiro atoms. The molecular formula is C7H10N2O4S2. The predicted octanol–water partition coefficient (Wildman–Crippen LogP) is 0.183. The monoisotopic (exact) mass is 250 g/mol. The molecule has 8 heteroatoms. The Morgan fingerprint density at radius 1 is 1.47 bits per heavy atom. The van der Waals surface area contributed by atoms with Crippen molar-refractivity contribution in [3.63, 3.8) is 0 Å². The Bertz CT molecular complexity index is 451. The van der Waals surface area contributed by atoms with Gasteiger partial charge in [-0.15, -0.1) is 10.2 Å². The lowest BCUT2D eigenvalue weighted by Gasteiger charge is -2.00. The average molecular weight is 250 g/mol. The van der Waals surface area contributed by atoms with Crippen molar-refractivity contribution in [2.24, 2.45) is 0 Å². The fourth-order valence-electron chi connectivity index (χ4n) is 0.824. The Hall–Kier alpha value is -1.02. The van der Waals surface area contributed by atoms with Crippen molar-refractivity contribution in [2.45, 2.75) is 18.2 Å². The molecule has 1 aromatic heterocycles. The van der Waals surface area contributed by atoms with E-state index in [-0.39, 0.29) is 10.9 Å². The largest absolute Gasteiger partial charge is 0.465 e. The van der Waals surface area contributed by atoms with Gasteiger partial charge in [-0.2, -0.15) is 0 Å². The Labute approximate surface area is 91.2 Å². The summed E-state index contributed by atoms with van der Waals surface area (Å²) < 4.78 is 27.5. The molecule has 84 valence electrons. The third kappa shape index (κ3) is 3.24. The number of rotatable bonds is 4. The summed E-state index contributed by atoms with van der Waals surface area (Å²) in [7, 11) is -3.69. The number of carbonyl (C=O) groups excluding carboxylic acids is 1. The zero-order valence-corrected chi connectivity index (χ0v) is 9.89. The number of aryl methyl sites for hydroxylation is 1. The number of aromatic nitrogens is 2. The summed E-state index contributed by atoms with van der Waals surface area (Å²) in [5, 5.41) is 7.59. The van der Waals surface area contributed by atoms with Crippen molar-refractivity contribution in [2.75, 3.05) is 12.4 Å². The van der Waals surface area contributed by atoms with Crippen LogP contribution in [0.1, 0.15) is 11.9 Å². The lowest BCUT2D eigenvalue weighted by molar-refractivity contribution is -0.139. The molecular weight excluding hydrogens is 240 g/mol. The van der Waals surface area contributed by atoms with Crippen LogP contribution in [0.3, 0.4) is 0 Å². The quantitative estimate of drug-likeness (QED) is 0.709. The second-order valence-corrected chi connectivity index (χ2v) is 6.00. The highest BCUT2D eigenvalue weighted by atomic mass is 32.2. The van der Waals surface area contributed by atoms with Crippen molar-refractivity contribution in [1.29, 1.82) is 0 Å². The van der Waals surface area contributed by atoms with Gasteiger partial charge in [-0.25, -0.2) is 8.42 Å². The van der Waals surface area contributed by atoms with Gasteiger partial charge in [-0.1, -0.05) is 11.3 Å². The molecule has 0 aromatic carbocycles. The van der Waals surface area contributed by atoms with Crippen molar-refractivity contribution >= 4 is 27.1 Å². The molecule has 0 aliphatic heterocycles. The Morgan fingerprint density at radius 2 is 2.13 bits per heavy atom. The molecule has 6 nitrogen and oxygen atoms in total. The first-order chi connectivity index (χ1) is 6.95. The highest BCUT2D eigenvalue weighted by Crippen LogP contribution is 2.16. The topological polar surface area (TPSA) is 86.2 Å². The number of ether oxygens (including phenoxy) is 1. The maximum absolute atomic E-state index is 11.5. The van der Waals surface area contributed by atoms with Gasteiger partial charge < -0.3 is 4.74 Å². The zero-order chi connectivity index (χ0) is 11.5. The first-order valence-electron chi connectivity index (χ1n) is 4.14. The van der Waals surface area contributed by atoms with Crippen LogP contribution in [0.25, 0.3) is 0 Å². The van der Waals surface area contributed by atoms with Gasteiger partial charge in [-0.05, 0) is 13.8 Å². The Balaban J connectivity index is 2.81. The highest BCUT2D eigenvalue weighted by molar-refractivity contribution is 7.93. The molecule has 0 bridgehead atoms. The van der Waals surface area contributed by atoms with E-state index in [1.807, 2.05) is 0 Å². The van der Waals surface area contributed by atoms with Gasteiger partial charge in [0, 0.05) is 0 Å². The van der Waals surface area contributed by atoms with Crippen LogP contribution in [-0.4, -0.2) is 36.9 Å². The summed E-state index contributed by atoms with van der Waals surface area (Å²) in [4.78, 5) is 11.0. The zero-order valence-electron chi connectivity index (χ0n) is 8.26. The average Bonchev–Trinajstić information content (AvgIpc) is 2.51. The van der Waals surface area contributed by atoms with Gasteiger partial charge in [0.25, 0.3) is 0 Å². The van der Waals surface area contributed by atoms with Crippen molar-refractivity contribution < 1.29 is 17.9 Å². The van der Waals surface area contributed by atoms with E-state index in [0.29, 0.717) is 5.01 Å². The first-order valence-corrected chi connectivity index (χ1v) is 6.61. The molecule has 0 N–H and O–H groups in total. The fourth-order valence-corrected chi connectivity index (χ4v) is 2.97. The van der Waals surface area contributed by atoms with Crippen LogP contribution in [-0.2, 0) is 19.4 Å². The summed E-state index contributed by atoms with van der Waals surface area (Å²) in [5.41, 5.74) is 0. The van der Waals surface area contributed by atoms with Gasteiger partial charge in [0.1, 0.15) is 5.01 Å². The summed E-state index contributed by atoms with van der Waals surface area (Å²) in [6, 6.07) is 0. The van der Waals surface area contributed by atoms with E-state index in [4.69, 9.17) is 0 Å². The number of carbonyl (C=O) groups is 1. The van der Waals surface area contributed by atoms with Crippen LogP contribution in [0.4, 0.5) is 0 Å². The molecule has 1 heterocycles. The van der Waals surface area contributed by atoms with Gasteiger partial charge in [-0.3, -0.25) is 4.79 Å². The van der Waals surface area contributed by atoms with Crippen LogP contribution in [0.2, 0.25) is 0 Å². The van der Waals surface area contributed by atoms with E-state index in [1.54, 1.807) is 13.8 Å². The van der Waals surface area contributed by atoms with Crippen LogP contribution >= 0.6 is 11.3 Å². The molecule has 0 atom stereocenters. The summed E-state index contributed by atoms with van der Waals surface area (Å²) >= 11 is 0.937. The highest BCUT2D eigenvalue weighted by Gasteiger charge is 2.24. The van der Waals surface area contributed by atoms with Crippen LogP contribution in [0, 0.1) is 6.92 Å². The van der Waals surface area contributed by atoms with Gasteiger partial charge >= 0.3 is 5.97 Å². The lowest BCUT2D eigenvalue weighted by Crippen LogP contribution is -2.18. The maximum atomic E-state index is 11.5. The lowest BCUT2D eigenvalue weighted by atomic mass is 10.8. The molecule has 0 aliphatic carbocycles. The molecule has 1 aromatic rings. The molecule has 0 unspecified atom stereocenters. The minimum Gasteiger partial charge on any atom is -0.465 e. The molecule has 0 amide bonds. The maximum Gasteiger partial charge on any atom is 0.321 e. The molecule has 0 aliphatic rings. The van der Waals surface area contributed by atoms with Gasteiger partial charge in [0.05, 0.1) is 6.61 Å². The standard InChI is InChI=1S/C7H10N2O4S2/c1-3-13-6(10)4-15(11,12)7-9-8-5(2)14-7/h3-4H2,1-2H3. The normalized spacial score (nSPS) is 11.3. The summed E-state index contributed by atoms with van der Waals surface area (Å²) in [5.74, 6) is -1.46. The van der Waals surface area contributed by atoms with Crippen molar-refractivity contribution in [1.82, 2.24) is 10.2 Å². The van der Waals surface area contributed by atoms with Crippen molar-refractivity contribution in [3.8, 4) is 0 Å². The van der Waals surface area contributed by atoms with Crippen molar-refractivity contribution in [3.05, 3.63) is 5.01 Å². The smallest absolute Gasteiger partial charge is 0.321 e. The van der Waals surface area contributed by atoms with E-state index < -0.39 is 21.6 Å². The summed E-state index contributed by atoms with van der Waals surface area (Å²) in [6.45, 7) is 3.41. The van der Waals surface area contributed by atoms with Crippen LogP contribution in [0.15, 0.2) is 4.34 Å². The minimum atomic E-state index is -3.69. The van der Waals surface area contributed by atoms with E-state index in [1.165, 1.54) is 0 Å². The molecule has 15 heavy (non-hydrogen) atoms. The van der Waals surface area contributed by atoms with E-state index in [2.05, 4.69) is 14.9 Å². The second-order valence-electron chi connectivity index (χ2n) is 2.65. The number of hydrogen-bond acceptors (Lipinski definition) is 7. The Kier molecular flexibility index (Phi) is 3.75. The second kappa shape index (κ2) is 4.67. The van der Waals surface area contributed by atoms with Crippen LogP contribution in [0.5, 0.6) is 0 Å². The number of hydrogen-bond donors (Lipinski definition) is 0. The summed E-state index contributed by atoms with van der Waals surface area (Å²) in [6.07, 6.45) is 0. The molecule has 0 radical (unpaired) electrons. The SMILES string of the molecule is CCOC(=O)CS(=O)(=O)c1nnc(C)s1. The van der Waals surface area contributed by atoms with E-state index >= 15 is 0 Å². The number of nitrogens with zero attached hydrogens (tertiary/aromatic N) is 2. The fraction of sp³-hybridized carbons (Fsp3) is 0.571. The first kappa shape index (κ1) is 12.1. The molecule has 0 saturated heterocycles.